The Morgan fingerprint density at radius 3 is 2.47 bits per heavy atom. The Bertz CT molecular complexity index is 360. The van der Waals surface area contributed by atoms with Crippen molar-refractivity contribution in [1.29, 1.82) is 0 Å². The molecule has 1 aliphatic heterocycles. The van der Waals surface area contributed by atoms with Crippen LogP contribution < -0.4 is 0 Å². The van der Waals surface area contributed by atoms with Crippen LogP contribution in [0, 0.1) is 5.92 Å². The molecule has 17 heavy (non-hydrogen) atoms. The van der Waals surface area contributed by atoms with Gasteiger partial charge in [0.2, 0.25) is 0 Å². The van der Waals surface area contributed by atoms with Crippen molar-refractivity contribution in [2.24, 2.45) is 5.92 Å². The number of nitrogens with zero attached hydrogens (tertiary/aromatic N) is 1. The van der Waals surface area contributed by atoms with Crippen LogP contribution in [-0.4, -0.2) is 41.8 Å². The Labute approximate surface area is 101 Å². The van der Waals surface area contributed by atoms with Gasteiger partial charge in [-0.15, -0.1) is 0 Å². The van der Waals surface area contributed by atoms with Crippen molar-refractivity contribution in [3.63, 3.8) is 0 Å². The highest BCUT2D eigenvalue weighted by molar-refractivity contribution is 5.90. The molecular weight excluding hydrogens is 222 g/mol. The molecule has 2 atom stereocenters. The summed E-state index contributed by atoms with van der Waals surface area (Å²) in [4.78, 5) is 25.3. The summed E-state index contributed by atoms with van der Waals surface area (Å²) in [7, 11) is 1.36. The lowest BCUT2D eigenvalue weighted by Crippen LogP contribution is -2.47. The first kappa shape index (κ1) is 12.2. The number of hydrogen-bond acceptors (Lipinski definition) is 4. The van der Waals surface area contributed by atoms with Crippen LogP contribution in [0.15, 0.2) is 0 Å². The third-order valence-electron chi connectivity index (χ3n) is 3.41. The monoisotopic (exact) mass is 241 g/mol. The smallest absolute Gasteiger partial charge is 0.411 e. The molecule has 96 valence electrons. The minimum Gasteiger partial charge on any atom is -0.467 e. The number of rotatable bonds is 1. The summed E-state index contributed by atoms with van der Waals surface area (Å²) in [5, 5.41) is 0. The van der Waals surface area contributed by atoms with Gasteiger partial charge in [-0.1, -0.05) is 0 Å². The second kappa shape index (κ2) is 3.62. The predicted molar refractivity (Wildman–Crippen MR) is 60.4 cm³/mol. The first-order chi connectivity index (χ1) is 7.81. The minimum absolute atomic E-state index is 0.252. The summed E-state index contributed by atoms with van der Waals surface area (Å²) >= 11 is 0. The third kappa shape index (κ3) is 1.87. The molecule has 0 aromatic heterocycles. The maximum absolute atomic E-state index is 12.0. The summed E-state index contributed by atoms with van der Waals surface area (Å²) in [5.74, 6) is -0.0617. The molecule has 0 N–H and O–H groups in total. The largest absolute Gasteiger partial charge is 0.467 e. The molecule has 1 heterocycles. The van der Waals surface area contributed by atoms with Crippen molar-refractivity contribution in [2.45, 2.75) is 44.8 Å². The van der Waals surface area contributed by atoms with Crippen LogP contribution in [-0.2, 0) is 14.3 Å². The maximum atomic E-state index is 12.0. The molecule has 1 amide bonds. The van der Waals surface area contributed by atoms with E-state index in [1.165, 1.54) is 12.0 Å². The molecule has 0 aromatic carbocycles. The number of amides is 1. The molecule has 0 aromatic rings. The molecule has 0 unspecified atom stereocenters. The topological polar surface area (TPSA) is 55.8 Å². The van der Waals surface area contributed by atoms with Crippen molar-refractivity contribution < 1.29 is 19.1 Å². The van der Waals surface area contributed by atoms with E-state index in [2.05, 4.69) is 0 Å². The Morgan fingerprint density at radius 1 is 1.35 bits per heavy atom. The number of carbonyl (C=O) groups is 2. The van der Waals surface area contributed by atoms with Gasteiger partial charge in [0.05, 0.1) is 7.11 Å². The quantitative estimate of drug-likeness (QED) is 0.654. The first-order valence-corrected chi connectivity index (χ1v) is 5.90. The van der Waals surface area contributed by atoms with E-state index in [0.29, 0.717) is 13.0 Å². The highest BCUT2D eigenvalue weighted by atomic mass is 16.6. The van der Waals surface area contributed by atoms with Gasteiger partial charge in [-0.25, -0.2) is 9.59 Å². The van der Waals surface area contributed by atoms with Crippen LogP contribution in [0.2, 0.25) is 0 Å². The van der Waals surface area contributed by atoms with Crippen LogP contribution in [0.25, 0.3) is 0 Å². The van der Waals surface area contributed by atoms with E-state index in [0.717, 1.165) is 6.42 Å². The third-order valence-corrected chi connectivity index (χ3v) is 3.41. The van der Waals surface area contributed by atoms with E-state index in [4.69, 9.17) is 9.47 Å². The number of ether oxygens (including phenoxy) is 2. The lowest BCUT2D eigenvalue weighted by molar-refractivity contribution is -0.148. The predicted octanol–water partition coefficient (Wildman–Crippen LogP) is 1.56. The normalized spacial score (nSPS) is 30.8. The second-order valence-electron chi connectivity index (χ2n) is 5.74. The molecule has 2 aliphatic rings. The molecule has 0 radical (unpaired) electrons. The van der Waals surface area contributed by atoms with Crippen molar-refractivity contribution in [2.75, 3.05) is 13.7 Å². The summed E-state index contributed by atoms with van der Waals surface area (Å²) in [6, 6.07) is 0. The number of esters is 1. The molecule has 2 rings (SSSR count). The second-order valence-corrected chi connectivity index (χ2v) is 5.74. The van der Waals surface area contributed by atoms with Gasteiger partial charge in [0.25, 0.3) is 0 Å². The average Bonchev–Trinajstić information content (AvgIpc) is 2.81. The summed E-state index contributed by atoms with van der Waals surface area (Å²) in [6.07, 6.45) is 1.15. The van der Waals surface area contributed by atoms with E-state index in [9.17, 15) is 9.59 Å². The molecule has 0 bridgehead atoms. The van der Waals surface area contributed by atoms with E-state index in [1.54, 1.807) is 0 Å². The van der Waals surface area contributed by atoms with E-state index in [1.807, 2.05) is 20.8 Å². The highest BCUT2D eigenvalue weighted by Gasteiger charge is 2.70. The highest BCUT2D eigenvalue weighted by Crippen LogP contribution is 2.56. The summed E-state index contributed by atoms with van der Waals surface area (Å²) in [5.41, 5.74) is -1.27. The lowest BCUT2D eigenvalue weighted by Gasteiger charge is -2.29. The van der Waals surface area contributed by atoms with Gasteiger partial charge in [0, 0.05) is 6.54 Å². The molecule has 1 saturated carbocycles. The van der Waals surface area contributed by atoms with Gasteiger partial charge < -0.3 is 9.47 Å². The number of methoxy groups -OCH3 is 1. The summed E-state index contributed by atoms with van der Waals surface area (Å²) < 4.78 is 10.1. The Kier molecular flexibility index (Phi) is 2.60. The molecule has 5 heteroatoms. The number of fused-ring (bicyclic) bond motifs is 1. The number of carbonyl (C=O) groups excluding carboxylic acids is 2. The average molecular weight is 241 g/mol. The van der Waals surface area contributed by atoms with Gasteiger partial charge >= 0.3 is 12.1 Å². The zero-order chi connectivity index (χ0) is 12.8. The molecule has 1 aliphatic carbocycles. The first-order valence-electron chi connectivity index (χ1n) is 5.90. The Balaban J connectivity index is 2.11. The fraction of sp³-hybridized carbons (Fsp3) is 0.833. The van der Waals surface area contributed by atoms with Gasteiger partial charge in [0.15, 0.2) is 0 Å². The van der Waals surface area contributed by atoms with Crippen molar-refractivity contribution >= 4 is 12.1 Å². The number of hydrogen-bond donors (Lipinski definition) is 0. The van der Waals surface area contributed by atoms with Gasteiger partial charge in [-0.05, 0) is 39.5 Å². The van der Waals surface area contributed by atoms with Crippen molar-refractivity contribution in [3.05, 3.63) is 0 Å². The fourth-order valence-corrected chi connectivity index (χ4v) is 2.58. The van der Waals surface area contributed by atoms with Gasteiger partial charge in [0.1, 0.15) is 11.1 Å². The molecular formula is C12H19NO4. The Hall–Kier alpha value is -1.26. The maximum Gasteiger partial charge on any atom is 0.411 e. The van der Waals surface area contributed by atoms with Gasteiger partial charge in [-0.3, -0.25) is 4.90 Å². The van der Waals surface area contributed by atoms with E-state index < -0.39 is 17.2 Å². The van der Waals surface area contributed by atoms with Gasteiger partial charge in [-0.2, -0.15) is 0 Å². The molecule has 1 saturated heterocycles. The zero-order valence-electron chi connectivity index (χ0n) is 10.8. The minimum atomic E-state index is -0.725. The van der Waals surface area contributed by atoms with Crippen LogP contribution in [0.4, 0.5) is 4.79 Å². The van der Waals surface area contributed by atoms with Crippen LogP contribution in [0.1, 0.15) is 33.6 Å². The summed E-state index contributed by atoms with van der Waals surface area (Å²) in [6.45, 7) is 6.02. The molecule has 5 nitrogen and oxygen atoms in total. The molecule has 2 fully saturated rings. The van der Waals surface area contributed by atoms with E-state index >= 15 is 0 Å². The molecule has 0 spiro atoms. The van der Waals surface area contributed by atoms with Crippen LogP contribution >= 0.6 is 0 Å². The van der Waals surface area contributed by atoms with E-state index in [-0.39, 0.29) is 11.9 Å². The van der Waals surface area contributed by atoms with Crippen LogP contribution in [0.5, 0.6) is 0 Å². The number of piperidine rings is 1. The van der Waals surface area contributed by atoms with Crippen LogP contribution in [0.3, 0.4) is 0 Å². The fourth-order valence-electron chi connectivity index (χ4n) is 2.58. The van der Waals surface area contributed by atoms with Crippen molar-refractivity contribution in [1.82, 2.24) is 4.90 Å². The SMILES string of the molecule is COC(=O)[C@]12C[C@H]1CCN2C(=O)OC(C)(C)C. The standard InChI is InChI=1S/C12H19NO4/c1-11(2,3)17-10(15)13-6-5-8-7-12(8,13)9(14)16-4/h8H,5-7H2,1-4H3/t8-,12+/m1/s1. The zero-order valence-corrected chi connectivity index (χ0v) is 10.8. The van der Waals surface area contributed by atoms with Crippen molar-refractivity contribution in [3.8, 4) is 0 Å². The lowest BCUT2D eigenvalue weighted by atomic mass is 10.2. The number of likely N-dealkylation sites (tertiary alicyclic amines) is 1. The Morgan fingerprint density at radius 2 is 2.00 bits per heavy atom.